The Labute approximate surface area is 95.2 Å². The minimum absolute atomic E-state index is 0.0280. The van der Waals surface area contributed by atoms with Gasteiger partial charge in [0, 0.05) is 19.3 Å². The minimum atomic E-state index is -0.0280. The second-order valence-electron chi connectivity index (χ2n) is 3.13. The van der Waals surface area contributed by atoms with Gasteiger partial charge in [0.25, 0.3) is 5.91 Å². The van der Waals surface area contributed by atoms with E-state index >= 15 is 0 Å². The number of likely N-dealkylation sites (tertiary alicyclic amines) is 1. The summed E-state index contributed by atoms with van der Waals surface area (Å²) in [6, 6.07) is 1.68. The molecule has 2 heterocycles. The first-order chi connectivity index (χ1) is 6.68. The quantitative estimate of drug-likeness (QED) is 0.788. The van der Waals surface area contributed by atoms with E-state index in [9.17, 15) is 4.79 Å². The zero-order valence-electron chi connectivity index (χ0n) is 7.33. The molecule has 0 unspecified atom stereocenters. The van der Waals surface area contributed by atoms with E-state index in [2.05, 4.69) is 20.9 Å². The first kappa shape index (κ1) is 9.93. The lowest BCUT2D eigenvalue weighted by Crippen LogP contribution is -2.42. The van der Waals surface area contributed by atoms with Crippen molar-refractivity contribution in [2.45, 2.75) is 6.42 Å². The third-order valence-electron chi connectivity index (χ3n) is 2.15. The van der Waals surface area contributed by atoms with Crippen molar-refractivity contribution >= 4 is 33.4 Å². The van der Waals surface area contributed by atoms with Crippen LogP contribution in [-0.2, 0) is 0 Å². The lowest BCUT2D eigenvalue weighted by Gasteiger charge is -2.30. The summed E-state index contributed by atoms with van der Waals surface area (Å²) in [4.78, 5) is 17.5. The second kappa shape index (κ2) is 3.87. The number of hydrogen-bond acceptors (Lipinski definition) is 2. The summed E-state index contributed by atoms with van der Waals surface area (Å²) in [5.41, 5.74) is 0.439. The molecule has 2 rings (SSSR count). The van der Waals surface area contributed by atoms with E-state index in [-0.39, 0.29) is 5.91 Å². The molecule has 74 valence electrons. The van der Waals surface area contributed by atoms with Crippen molar-refractivity contribution in [2.75, 3.05) is 13.1 Å². The molecule has 1 aliphatic rings. The van der Waals surface area contributed by atoms with Crippen LogP contribution in [0.2, 0.25) is 5.02 Å². The van der Waals surface area contributed by atoms with Crippen molar-refractivity contribution in [3.63, 3.8) is 0 Å². The molecule has 0 saturated carbocycles. The van der Waals surface area contributed by atoms with E-state index in [0.717, 1.165) is 19.5 Å². The van der Waals surface area contributed by atoms with Crippen molar-refractivity contribution in [3.8, 4) is 0 Å². The fourth-order valence-corrected chi connectivity index (χ4v) is 2.05. The molecule has 14 heavy (non-hydrogen) atoms. The summed E-state index contributed by atoms with van der Waals surface area (Å²) in [5, 5.41) is 0.525. The fraction of sp³-hybridized carbons (Fsp3) is 0.333. The Bertz CT molecular complexity index is 379. The van der Waals surface area contributed by atoms with Crippen LogP contribution in [0, 0.1) is 0 Å². The normalized spacial score (nSPS) is 15.1. The lowest BCUT2D eigenvalue weighted by atomic mass is 10.2. The first-order valence-electron chi connectivity index (χ1n) is 4.29. The molecule has 0 spiro atoms. The molecule has 1 aromatic rings. The zero-order chi connectivity index (χ0) is 10.1. The van der Waals surface area contributed by atoms with Crippen molar-refractivity contribution in [2.24, 2.45) is 0 Å². The summed E-state index contributed by atoms with van der Waals surface area (Å²) in [5.74, 6) is -0.0280. The van der Waals surface area contributed by atoms with Gasteiger partial charge in [-0.3, -0.25) is 4.79 Å². The maximum absolute atomic E-state index is 11.7. The summed E-state index contributed by atoms with van der Waals surface area (Å²) in [7, 11) is 0. The number of hydrogen-bond donors (Lipinski definition) is 0. The molecule has 0 aromatic carbocycles. The summed E-state index contributed by atoms with van der Waals surface area (Å²) in [6.07, 6.45) is 2.57. The summed E-state index contributed by atoms with van der Waals surface area (Å²) < 4.78 is 0.655. The third kappa shape index (κ3) is 1.77. The Morgan fingerprint density at radius 3 is 2.79 bits per heavy atom. The van der Waals surface area contributed by atoms with E-state index in [4.69, 9.17) is 11.6 Å². The molecule has 0 atom stereocenters. The highest BCUT2D eigenvalue weighted by Gasteiger charge is 2.24. The Balaban J connectivity index is 2.26. The number of nitrogens with zero attached hydrogens (tertiary/aromatic N) is 2. The molecule has 1 aromatic heterocycles. The number of carbonyl (C=O) groups excluding carboxylic acids is 1. The Morgan fingerprint density at radius 2 is 2.29 bits per heavy atom. The van der Waals surface area contributed by atoms with Crippen molar-refractivity contribution in [3.05, 3.63) is 27.5 Å². The van der Waals surface area contributed by atoms with Crippen LogP contribution in [0.3, 0.4) is 0 Å². The van der Waals surface area contributed by atoms with Crippen molar-refractivity contribution < 1.29 is 4.79 Å². The molecule has 1 amide bonds. The molecule has 1 aliphatic heterocycles. The Morgan fingerprint density at radius 1 is 1.57 bits per heavy atom. The second-order valence-corrected chi connectivity index (χ2v) is 4.42. The van der Waals surface area contributed by atoms with Gasteiger partial charge < -0.3 is 4.90 Å². The highest BCUT2D eigenvalue weighted by atomic mass is 79.9. The smallest absolute Gasteiger partial charge is 0.273 e. The molecule has 1 fully saturated rings. The average Bonchev–Trinajstić information content (AvgIpc) is 2.00. The van der Waals surface area contributed by atoms with Gasteiger partial charge in [0.1, 0.15) is 5.69 Å². The van der Waals surface area contributed by atoms with E-state index in [1.165, 1.54) is 6.20 Å². The molecular formula is C9H8BrClN2O. The van der Waals surface area contributed by atoms with Gasteiger partial charge in [0.15, 0.2) is 0 Å². The predicted molar refractivity (Wildman–Crippen MR) is 57.5 cm³/mol. The van der Waals surface area contributed by atoms with Gasteiger partial charge in [-0.2, -0.15) is 0 Å². The van der Waals surface area contributed by atoms with Gasteiger partial charge in [0.2, 0.25) is 0 Å². The number of pyridine rings is 1. The zero-order valence-corrected chi connectivity index (χ0v) is 9.68. The van der Waals surface area contributed by atoms with Crippen LogP contribution >= 0.6 is 27.5 Å². The fourth-order valence-electron chi connectivity index (χ4n) is 1.24. The number of rotatable bonds is 1. The molecule has 1 saturated heterocycles. The van der Waals surface area contributed by atoms with Crippen molar-refractivity contribution in [1.29, 1.82) is 0 Å². The van der Waals surface area contributed by atoms with Crippen LogP contribution in [0.1, 0.15) is 16.9 Å². The number of aromatic nitrogens is 1. The SMILES string of the molecule is O=C(c1ncc(Cl)cc1Br)N1CCC1. The predicted octanol–water partition coefficient (Wildman–Crippen LogP) is 2.34. The van der Waals surface area contributed by atoms with Gasteiger partial charge in [-0.05, 0) is 28.4 Å². The molecular weight excluding hydrogens is 267 g/mol. The van der Waals surface area contributed by atoms with E-state index in [0.29, 0.717) is 15.2 Å². The first-order valence-corrected chi connectivity index (χ1v) is 5.46. The van der Waals surface area contributed by atoms with Crippen LogP contribution in [0.5, 0.6) is 0 Å². The van der Waals surface area contributed by atoms with E-state index < -0.39 is 0 Å². The van der Waals surface area contributed by atoms with E-state index in [1.54, 1.807) is 11.0 Å². The summed E-state index contributed by atoms with van der Waals surface area (Å²) >= 11 is 9.01. The molecule has 0 N–H and O–H groups in total. The maximum Gasteiger partial charge on any atom is 0.273 e. The van der Waals surface area contributed by atoms with Crippen LogP contribution in [0.4, 0.5) is 0 Å². The highest BCUT2D eigenvalue weighted by molar-refractivity contribution is 9.10. The lowest BCUT2D eigenvalue weighted by molar-refractivity contribution is 0.0644. The van der Waals surface area contributed by atoms with Crippen molar-refractivity contribution in [1.82, 2.24) is 9.88 Å². The van der Waals surface area contributed by atoms with Gasteiger partial charge in [-0.25, -0.2) is 4.98 Å². The molecule has 3 nitrogen and oxygen atoms in total. The standard InChI is InChI=1S/C9H8BrClN2O/c10-7-4-6(11)5-12-8(7)9(14)13-2-1-3-13/h4-5H,1-3H2. The molecule has 0 bridgehead atoms. The monoisotopic (exact) mass is 274 g/mol. The Hall–Kier alpha value is -0.610. The average molecular weight is 276 g/mol. The number of carbonyl (C=O) groups is 1. The van der Waals surface area contributed by atoms with Gasteiger partial charge in [0.05, 0.1) is 9.50 Å². The van der Waals surface area contributed by atoms with Crippen LogP contribution < -0.4 is 0 Å². The Kier molecular flexibility index (Phi) is 2.74. The molecule has 0 aliphatic carbocycles. The number of halogens is 2. The van der Waals surface area contributed by atoms with Gasteiger partial charge >= 0.3 is 0 Å². The molecule has 0 radical (unpaired) electrons. The van der Waals surface area contributed by atoms with Crippen LogP contribution in [0.25, 0.3) is 0 Å². The topological polar surface area (TPSA) is 33.2 Å². The molecule has 5 heteroatoms. The minimum Gasteiger partial charge on any atom is -0.337 e. The largest absolute Gasteiger partial charge is 0.337 e. The third-order valence-corrected chi connectivity index (χ3v) is 2.96. The van der Waals surface area contributed by atoms with Gasteiger partial charge in [-0.15, -0.1) is 0 Å². The highest BCUT2D eigenvalue weighted by Crippen LogP contribution is 2.21. The van der Waals surface area contributed by atoms with Gasteiger partial charge in [-0.1, -0.05) is 11.6 Å². The van der Waals surface area contributed by atoms with E-state index in [1.807, 2.05) is 0 Å². The number of amides is 1. The summed E-state index contributed by atoms with van der Waals surface area (Å²) in [6.45, 7) is 1.66. The van der Waals surface area contributed by atoms with Crippen LogP contribution in [0.15, 0.2) is 16.7 Å². The van der Waals surface area contributed by atoms with Crippen LogP contribution in [-0.4, -0.2) is 28.9 Å². The maximum atomic E-state index is 11.7.